The summed E-state index contributed by atoms with van der Waals surface area (Å²) >= 11 is 0. The molecule has 134 valence electrons. The molecular weight excluding hydrogens is 344 g/mol. The van der Waals surface area contributed by atoms with Crippen LogP contribution in [0.3, 0.4) is 0 Å². The number of hydrogen-bond donors (Lipinski definition) is 3. The van der Waals surface area contributed by atoms with E-state index in [9.17, 15) is 29.7 Å². The average Bonchev–Trinajstić information content (AvgIpc) is 2.60. The Bertz CT molecular complexity index is 1000. The van der Waals surface area contributed by atoms with Gasteiger partial charge >= 0.3 is 5.97 Å². The van der Waals surface area contributed by atoms with Gasteiger partial charge in [-0.15, -0.1) is 0 Å². The molecule has 2 aromatic rings. The van der Waals surface area contributed by atoms with Crippen LogP contribution in [-0.4, -0.2) is 47.1 Å². The van der Waals surface area contributed by atoms with Crippen molar-refractivity contribution in [3.8, 4) is 23.0 Å². The summed E-state index contributed by atoms with van der Waals surface area (Å²) in [6.45, 7) is 1.38. The lowest BCUT2D eigenvalue weighted by molar-refractivity contribution is 0.0596. The normalized spacial score (nSPS) is 12.4. The molecule has 3 N–H and O–H groups in total. The van der Waals surface area contributed by atoms with E-state index < -0.39 is 45.9 Å². The summed E-state index contributed by atoms with van der Waals surface area (Å²) in [6, 6.07) is 1.98. The van der Waals surface area contributed by atoms with Gasteiger partial charge in [-0.25, -0.2) is 4.79 Å². The fourth-order valence-electron chi connectivity index (χ4n) is 3.13. The van der Waals surface area contributed by atoms with Gasteiger partial charge in [-0.05, 0) is 18.6 Å². The van der Waals surface area contributed by atoms with Crippen molar-refractivity contribution in [3.63, 3.8) is 0 Å². The van der Waals surface area contributed by atoms with Gasteiger partial charge in [0.25, 0.3) is 0 Å². The van der Waals surface area contributed by atoms with E-state index in [2.05, 4.69) is 4.74 Å². The third kappa shape index (κ3) is 2.12. The Hall–Kier alpha value is -3.55. The highest BCUT2D eigenvalue weighted by Gasteiger charge is 2.39. The number of benzene rings is 2. The molecule has 0 saturated heterocycles. The standard InChI is InChI=1S/C18H14O8/c1-6-11-7(4-8(19)12(6)18(24)26-3)15(21)14-13(17(11)23)9(20)5-10(25-2)16(14)22/h4-5,19-20,22H,1-3H3. The minimum absolute atomic E-state index is 0.0329. The minimum Gasteiger partial charge on any atom is -0.507 e. The van der Waals surface area contributed by atoms with E-state index in [0.29, 0.717) is 0 Å². The van der Waals surface area contributed by atoms with Crippen molar-refractivity contribution in [2.45, 2.75) is 6.92 Å². The Morgan fingerprint density at radius 3 is 2.15 bits per heavy atom. The Kier molecular flexibility index (Phi) is 3.83. The number of phenols is 3. The van der Waals surface area contributed by atoms with Gasteiger partial charge in [0.15, 0.2) is 23.1 Å². The maximum absolute atomic E-state index is 12.9. The average molecular weight is 358 g/mol. The van der Waals surface area contributed by atoms with E-state index in [1.165, 1.54) is 14.0 Å². The number of phenolic OH excluding ortho intramolecular Hbond substituents is 3. The first-order valence-corrected chi connectivity index (χ1v) is 7.41. The van der Waals surface area contributed by atoms with E-state index in [1.807, 2.05) is 0 Å². The van der Waals surface area contributed by atoms with Gasteiger partial charge in [-0.2, -0.15) is 0 Å². The van der Waals surface area contributed by atoms with Crippen molar-refractivity contribution in [3.05, 3.63) is 45.5 Å². The van der Waals surface area contributed by atoms with E-state index in [1.54, 1.807) is 0 Å². The number of aromatic hydroxyl groups is 3. The molecule has 0 aliphatic heterocycles. The van der Waals surface area contributed by atoms with Crippen molar-refractivity contribution in [1.82, 2.24) is 0 Å². The smallest absolute Gasteiger partial charge is 0.341 e. The van der Waals surface area contributed by atoms with Gasteiger partial charge < -0.3 is 24.8 Å². The molecule has 0 aromatic heterocycles. The lowest BCUT2D eigenvalue weighted by Crippen LogP contribution is -2.24. The maximum atomic E-state index is 12.9. The number of methoxy groups -OCH3 is 2. The first-order valence-electron chi connectivity index (χ1n) is 7.41. The molecule has 0 amide bonds. The lowest BCUT2D eigenvalue weighted by atomic mass is 9.79. The number of rotatable bonds is 2. The van der Waals surface area contributed by atoms with Crippen LogP contribution in [0.15, 0.2) is 12.1 Å². The van der Waals surface area contributed by atoms with Crippen LogP contribution < -0.4 is 4.74 Å². The van der Waals surface area contributed by atoms with Crippen molar-refractivity contribution >= 4 is 17.5 Å². The van der Waals surface area contributed by atoms with Gasteiger partial charge in [-0.1, -0.05) is 0 Å². The molecule has 0 bridgehead atoms. The zero-order valence-corrected chi connectivity index (χ0v) is 14.0. The first-order chi connectivity index (χ1) is 12.2. The number of carbonyl (C=O) groups excluding carboxylic acids is 3. The Morgan fingerprint density at radius 1 is 0.923 bits per heavy atom. The van der Waals surface area contributed by atoms with Crippen molar-refractivity contribution in [2.75, 3.05) is 14.2 Å². The largest absolute Gasteiger partial charge is 0.507 e. The number of esters is 1. The zero-order valence-electron chi connectivity index (χ0n) is 14.0. The lowest BCUT2D eigenvalue weighted by Gasteiger charge is -2.23. The molecule has 8 nitrogen and oxygen atoms in total. The van der Waals surface area contributed by atoms with Crippen LogP contribution in [0.2, 0.25) is 0 Å². The second kappa shape index (κ2) is 5.76. The molecule has 2 aromatic carbocycles. The van der Waals surface area contributed by atoms with Crippen molar-refractivity contribution < 1.29 is 39.2 Å². The molecule has 0 spiro atoms. The van der Waals surface area contributed by atoms with Crippen LogP contribution in [-0.2, 0) is 4.74 Å². The van der Waals surface area contributed by atoms with Crippen molar-refractivity contribution in [2.24, 2.45) is 0 Å². The summed E-state index contributed by atoms with van der Waals surface area (Å²) in [4.78, 5) is 37.7. The highest BCUT2D eigenvalue weighted by molar-refractivity contribution is 6.31. The van der Waals surface area contributed by atoms with E-state index in [4.69, 9.17) is 4.74 Å². The fraction of sp³-hybridized carbons (Fsp3) is 0.167. The summed E-state index contributed by atoms with van der Waals surface area (Å²) < 4.78 is 9.48. The summed E-state index contributed by atoms with van der Waals surface area (Å²) in [5.74, 6) is -4.31. The van der Waals surface area contributed by atoms with Crippen LogP contribution in [0.1, 0.15) is 47.8 Å². The second-order valence-electron chi connectivity index (χ2n) is 5.66. The molecule has 3 rings (SSSR count). The highest BCUT2D eigenvalue weighted by Crippen LogP contribution is 2.45. The molecule has 26 heavy (non-hydrogen) atoms. The molecule has 0 radical (unpaired) electrons. The Balaban J connectivity index is 2.39. The third-order valence-corrected chi connectivity index (χ3v) is 4.34. The molecule has 0 fully saturated rings. The molecule has 0 unspecified atom stereocenters. The van der Waals surface area contributed by atoms with Crippen LogP contribution in [0.5, 0.6) is 23.0 Å². The van der Waals surface area contributed by atoms with Gasteiger partial charge in [0.05, 0.1) is 25.3 Å². The number of ketones is 2. The molecular formula is C18H14O8. The number of carbonyl (C=O) groups is 3. The van der Waals surface area contributed by atoms with Gasteiger partial charge in [0.1, 0.15) is 17.1 Å². The maximum Gasteiger partial charge on any atom is 0.341 e. The van der Waals surface area contributed by atoms with Crippen LogP contribution in [0.25, 0.3) is 0 Å². The molecule has 1 aliphatic carbocycles. The summed E-state index contributed by atoms with van der Waals surface area (Å²) in [5, 5.41) is 30.5. The zero-order chi connectivity index (χ0) is 19.3. The van der Waals surface area contributed by atoms with Crippen LogP contribution in [0, 0.1) is 6.92 Å². The number of hydrogen-bond acceptors (Lipinski definition) is 8. The van der Waals surface area contributed by atoms with Crippen LogP contribution >= 0.6 is 0 Å². The summed E-state index contributed by atoms with van der Waals surface area (Å²) in [5.41, 5.74) is -1.40. The molecule has 0 saturated carbocycles. The summed E-state index contributed by atoms with van der Waals surface area (Å²) in [7, 11) is 2.33. The van der Waals surface area contributed by atoms with Crippen molar-refractivity contribution in [1.29, 1.82) is 0 Å². The van der Waals surface area contributed by atoms with Gasteiger partial charge in [0, 0.05) is 17.2 Å². The molecule has 1 aliphatic rings. The Morgan fingerprint density at radius 2 is 1.58 bits per heavy atom. The number of fused-ring (bicyclic) bond motifs is 2. The monoisotopic (exact) mass is 358 g/mol. The summed E-state index contributed by atoms with van der Waals surface area (Å²) in [6.07, 6.45) is 0. The van der Waals surface area contributed by atoms with Gasteiger partial charge in [0.2, 0.25) is 0 Å². The first kappa shape index (κ1) is 17.3. The topological polar surface area (TPSA) is 130 Å². The predicted octanol–water partition coefficient (Wildman–Crippen LogP) is 1.68. The van der Waals surface area contributed by atoms with E-state index in [0.717, 1.165) is 19.2 Å². The van der Waals surface area contributed by atoms with E-state index >= 15 is 0 Å². The quantitative estimate of drug-likeness (QED) is 0.466. The minimum atomic E-state index is -0.879. The molecule has 8 heteroatoms. The Labute approximate surface area is 147 Å². The highest BCUT2D eigenvalue weighted by atomic mass is 16.5. The van der Waals surface area contributed by atoms with E-state index in [-0.39, 0.29) is 28.0 Å². The SMILES string of the molecule is COC(=O)c1c(O)cc2c(c1C)C(=O)c1c(O)cc(OC)c(O)c1C2=O. The molecule has 0 atom stereocenters. The fourth-order valence-corrected chi connectivity index (χ4v) is 3.13. The molecule has 0 heterocycles. The van der Waals surface area contributed by atoms with Gasteiger partial charge in [-0.3, -0.25) is 9.59 Å². The predicted molar refractivity (Wildman–Crippen MR) is 87.4 cm³/mol. The number of ether oxygens (including phenoxy) is 2. The third-order valence-electron chi connectivity index (χ3n) is 4.34. The van der Waals surface area contributed by atoms with Crippen LogP contribution in [0.4, 0.5) is 0 Å². The second-order valence-corrected chi connectivity index (χ2v) is 5.66.